The van der Waals surface area contributed by atoms with Gasteiger partial charge in [-0.15, -0.1) is 24.0 Å². The van der Waals surface area contributed by atoms with Crippen molar-refractivity contribution in [2.24, 2.45) is 4.99 Å². The Bertz CT molecular complexity index is 725. The van der Waals surface area contributed by atoms with Gasteiger partial charge in [-0.25, -0.2) is 8.42 Å². The fraction of sp³-hybridized carbons (Fsp3) is 0.611. The molecule has 154 valence electrons. The Morgan fingerprint density at radius 2 is 2.15 bits per heavy atom. The minimum Gasteiger partial charge on any atom is -0.497 e. The van der Waals surface area contributed by atoms with Crippen LogP contribution in [0.15, 0.2) is 29.3 Å². The number of sulfone groups is 1. The van der Waals surface area contributed by atoms with Crippen LogP contribution < -0.4 is 15.4 Å². The first kappa shape index (κ1) is 24.0. The van der Waals surface area contributed by atoms with E-state index in [9.17, 15) is 8.42 Å². The minimum absolute atomic E-state index is 0. The van der Waals surface area contributed by atoms with E-state index in [2.05, 4.69) is 21.6 Å². The normalized spacial score (nSPS) is 20.0. The molecule has 2 rings (SSSR count). The van der Waals surface area contributed by atoms with Gasteiger partial charge in [0.15, 0.2) is 15.8 Å². The van der Waals surface area contributed by atoms with Gasteiger partial charge in [0.1, 0.15) is 5.75 Å². The number of aliphatic imine (C=N–C) groups is 1. The molecule has 2 unspecified atom stereocenters. The van der Waals surface area contributed by atoms with E-state index in [0.717, 1.165) is 17.9 Å². The molecule has 1 heterocycles. The molecule has 1 fully saturated rings. The zero-order valence-electron chi connectivity index (χ0n) is 16.4. The number of hydrogen-bond acceptors (Lipinski definition) is 5. The van der Waals surface area contributed by atoms with Gasteiger partial charge in [-0.05, 0) is 45.1 Å². The molecule has 2 atom stereocenters. The third-order valence-corrected chi connectivity index (χ3v) is 6.21. The highest BCUT2D eigenvalue weighted by atomic mass is 127. The number of nitrogens with one attached hydrogen (secondary N) is 2. The Hall–Kier alpha value is -1.07. The first-order valence-electron chi connectivity index (χ1n) is 8.90. The summed E-state index contributed by atoms with van der Waals surface area (Å²) in [4.78, 5) is 6.81. The van der Waals surface area contributed by atoms with Crippen LogP contribution in [-0.4, -0.2) is 71.1 Å². The number of nitrogens with zero attached hydrogens (tertiary/aromatic N) is 2. The molecule has 0 amide bonds. The summed E-state index contributed by atoms with van der Waals surface area (Å²) in [5.74, 6) is 1.89. The molecule has 1 saturated heterocycles. The molecule has 1 aromatic rings. The van der Waals surface area contributed by atoms with Gasteiger partial charge in [0.25, 0.3) is 0 Å². The fourth-order valence-electron chi connectivity index (χ4n) is 3.02. The first-order chi connectivity index (χ1) is 12.3. The lowest BCUT2D eigenvalue weighted by Gasteiger charge is -2.24. The predicted molar refractivity (Wildman–Crippen MR) is 121 cm³/mol. The standard InChI is InChI=1S/C18H30N4O3S.HI/c1-5-19-18(21-15-9-10-26(23,24)13-15)20-12-17(22(2)3)14-7-6-8-16(11-14)25-4;/h6-8,11,15,17H,5,9-10,12-13H2,1-4H3,(H2,19,20,21);1H. The molecule has 9 heteroatoms. The average molecular weight is 510 g/mol. The van der Waals surface area contributed by atoms with Gasteiger partial charge in [-0.1, -0.05) is 12.1 Å². The summed E-state index contributed by atoms with van der Waals surface area (Å²) in [7, 11) is 2.77. The highest BCUT2D eigenvalue weighted by Gasteiger charge is 2.28. The van der Waals surface area contributed by atoms with Crippen LogP contribution in [-0.2, 0) is 9.84 Å². The topological polar surface area (TPSA) is 83.0 Å². The van der Waals surface area contributed by atoms with Crippen LogP contribution in [0.1, 0.15) is 24.9 Å². The number of hydrogen-bond donors (Lipinski definition) is 2. The number of halogens is 1. The zero-order chi connectivity index (χ0) is 19.2. The maximum Gasteiger partial charge on any atom is 0.191 e. The van der Waals surface area contributed by atoms with E-state index in [1.807, 2.05) is 39.2 Å². The Labute approximate surface area is 179 Å². The Morgan fingerprint density at radius 3 is 2.70 bits per heavy atom. The quantitative estimate of drug-likeness (QED) is 0.330. The Morgan fingerprint density at radius 1 is 1.41 bits per heavy atom. The fourth-order valence-corrected chi connectivity index (χ4v) is 4.69. The number of benzene rings is 1. The van der Waals surface area contributed by atoms with Crippen LogP contribution in [0.5, 0.6) is 5.75 Å². The van der Waals surface area contributed by atoms with Gasteiger partial charge in [0.05, 0.1) is 31.2 Å². The zero-order valence-corrected chi connectivity index (χ0v) is 19.6. The van der Waals surface area contributed by atoms with Crippen molar-refractivity contribution < 1.29 is 13.2 Å². The molecular formula is C18H31IN4O3S. The van der Waals surface area contributed by atoms with E-state index in [1.165, 1.54) is 0 Å². The van der Waals surface area contributed by atoms with Crippen LogP contribution in [0.3, 0.4) is 0 Å². The molecule has 0 aliphatic carbocycles. The lowest BCUT2D eigenvalue weighted by molar-refractivity contribution is 0.305. The molecule has 27 heavy (non-hydrogen) atoms. The molecule has 0 bridgehead atoms. The third kappa shape index (κ3) is 7.46. The lowest BCUT2D eigenvalue weighted by Crippen LogP contribution is -2.44. The maximum absolute atomic E-state index is 11.7. The highest BCUT2D eigenvalue weighted by Crippen LogP contribution is 2.23. The molecule has 1 aromatic carbocycles. The summed E-state index contributed by atoms with van der Waals surface area (Å²) in [5.41, 5.74) is 1.12. The van der Waals surface area contributed by atoms with E-state index in [-0.39, 0.29) is 47.6 Å². The van der Waals surface area contributed by atoms with Gasteiger partial charge >= 0.3 is 0 Å². The average Bonchev–Trinajstić information content (AvgIpc) is 2.93. The SMILES string of the molecule is CCNC(=NCC(c1cccc(OC)c1)N(C)C)NC1CCS(=O)(=O)C1.I. The second-order valence-corrected chi connectivity index (χ2v) is 8.95. The molecule has 7 nitrogen and oxygen atoms in total. The lowest BCUT2D eigenvalue weighted by atomic mass is 10.1. The van der Waals surface area contributed by atoms with E-state index < -0.39 is 9.84 Å². The van der Waals surface area contributed by atoms with Crippen molar-refractivity contribution in [3.63, 3.8) is 0 Å². The number of likely N-dealkylation sites (N-methyl/N-ethyl adjacent to an activating group) is 1. The van der Waals surface area contributed by atoms with Crippen molar-refractivity contribution >= 4 is 39.8 Å². The van der Waals surface area contributed by atoms with E-state index >= 15 is 0 Å². The van der Waals surface area contributed by atoms with Crippen molar-refractivity contribution in [3.8, 4) is 5.75 Å². The maximum atomic E-state index is 11.7. The molecular weight excluding hydrogens is 479 g/mol. The second kappa shape index (κ2) is 11.1. The summed E-state index contributed by atoms with van der Waals surface area (Å²) in [6.07, 6.45) is 0.625. The van der Waals surface area contributed by atoms with E-state index in [0.29, 0.717) is 18.9 Å². The smallest absolute Gasteiger partial charge is 0.191 e. The monoisotopic (exact) mass is 510 g/mol. The van der Waals surface area contributed by atoms with Crippen molar-refractivity contribution in [2.75, 3.05) is 45.8 Å². The van der Waals surface area contributed by atoms with Gasteiger partial charge in [-0.3, -0.25) is 4.99 Å². The Balaban J connectivity index is 0.00000364. The molecule has 0 saturated carbocycles. The summed E-state index contributed by atoms with van der Waals surface area (Å²) in [5, 5.41) is 6.46. The van der Waals surface area contributed by atoms with Crippen LogP contribution in [0, 0.1) is 0 Å². The van der Waals surface area contributed by atoms with Gasteiger partial charge < -0.3 is 20.3 Å². The van der Waals surface area contributed by atoms with Crippen molar-refractivity contribution in [2.45, 2.75) is 25.4 Å². The summed E-state index contributed by atoms with van der Waals surface area (Å²) in [6, 6.07) is 7.99. The second-order valence-electron chi connectivity index (χ2n) is 6.72. The highest BCUT2D eigenvalue weighted by molar-refractivity contribution is 14.0. The largest absolute Gasteiger partial charge is 0.497 e. The molecule has 0 radical (unpaired) electrons. The summed E-state index contributed by atoms with van der Waals surface area (Å²) < 4.78 is 28.6. The van der Waals surface area contributed by atoms with Gasteiger partial charge in [0, 0.05) is 12.6 Å². The van der Waals surface area contributed by atoms with Crippen LogP contribution in [0.4, 0.5) is 0 Å². The molecule has 2 N–H and O–H groups in total. The van der Waals surface area contributed by atoms with Crippen molar-refractivity contribution in [3.05, 3.63) is 29.8 Å². The molecule has 0 spiro atoms. The number of ether oxygens (including phenoxy) is 1. The number of guanidine groups is 1. The summed E-state index contributed by atoms with van der Waals surface area (Å²) >= 11 is 0. The first-order valence-corrected chi connectivity index (χ1v) is 10.7. The van der Waals surface area contributed by atoms with Crippen molar-refractivity contribution in [1.29, 1.82) is 0 Å². The number of methoxy groups -OCH3 is 1. The van der Waals surface area contributed by atoms with Crippen molar-refractivity contribution in [1.82, 2.24) is 15.5 Å². The van der Waals surface area contributed by atoms with Crippen LogP contribution in [0.2, 0.25) is 0 Å². The van der Waals surface area contributed by atoms with Gasteiger partial charge in [-0.2, -0.15) is 0 Å². The predicted octanol–water partition coefficient (Wildman–Crippen LogP) is 1.66. The van der Waals surface area contributed by atoms with Crippen LogP contribution >= 0.6 is 24.0 Å². The van der Waals surface area contributed by atoms with E-state index in [4.69, 9.17) is 9.73 Å². The van der Waals surface area contributed by atoms with Gasteiger partial charge in [0.2, 0.25) is 0 Å². The van der Waals surface area contributed by atoms with E-state index in [1.54, 1.807) is 7.11 Å². The van der Waals surface area contributed by atoms with Crippen LogP contribution in [0.25, 0.3) is 0 Å². The number of rotatable bonds is 7. The summed E-state index contributed by atoms with van der Waals surface area (Å²) in [6.45, 7) is 3.26. The molecule has 0 aromatic heterocycles. The Kier molecular flexibility index (Phi) is 9.82. The molecule has 1 aliphatic rings. The third-order valence-electron chi connectivity index (χ3n) is 4.44. The minimum atomic E-state index is -2.92. The molecule has 1 aliphatic heterocycles.